The maximum Gasteiger partial charge on any atom is 0.356 e. The number of thiophene rings is 1. The summed E-state index contributed by atoms with van der Waals surface area (Å²) in [6, 6.07) is 5.86. The maximum absolute atomic E-state index is 11.2. The molecule has 1 aliphatic rings. The number of hydrogen-bond acceptors (Lipinski definition) is 4. The normalized spacial score (nSPS) is 17.8. The first kappa shape index (κ1) is 12.2. The highest BCUT2D eigenvalue weighted by Gasteiger charge is 2.22. The third kappa shape index (κ3) is 2.33. The van der Waals surface area contributed by atoms with Crippen LogP contribution in [-0.4, -0.2) is 16.1 Å². The molecule has 0 aromatic carbocycles. The van der Waals surface area contributed by atoms with Crippen LogP contribution in [0.25, 0.3) is 0 Å². The summed E-state index contributed by atoms with van der Waals surface area (Å²) < 4.78 is 0. The standard InChI is InChI=1S/C14H14N2O2S/c17-14(18)13-11(4-2-7-15-13)16-10-3-1-5-12-9(10)6-8-19-12/h2,4,6-8,10,16H,1,3,5H2,(H,17,18). The molecule has 2 N–H and O–H groups in total. The first-order valence-corrected chi connectivity index (χ1v) is 7.15. The molecule has 0 bridgehead atoms. The van der Waals surface area contributed by atoms with Gasteiger partial charge < -0.3 is 10.4 Å². The summed E-state index contributed by atoms with van der Waals surface area (Å²) in [5, 5.41) is 14.6. The number of carboxylic acid groups (broad SMARTS) is 1. The second kappa shape index (κ2) is 5.01. The highest BCUT2D eigenvalue weighted by molar-refractivity contribution is 7.10. The molecular weight excluding hydrogens is 260 g/mol. The molecule has 1 atom stereocenters. The summed E-state index contributed by atoms with van der Waals surface area (Å²) >= 11 is 1.78. The van der Waals surface area contributed by atoms with E-state index in [0.717, 1.165) is 19.3 Å². The van der Waals surface area contributed by atoms with E-state index in [1.807, 2.05) is 0 Å². The van der Waals surface area contributed by atoms with Crippen molar-refractivity contribution in [3.05, 3.63) is 45.9 Å². The van der Waals surface area contributed by atoms with Gasteiger partial charge in [-0.25, -0.2) is 9.78 Å². The molecular formula is C14H14N2O2S. The molecule has 0 saturated carbocycles. The minimum atomic E-state index is -0.996. The molecule has 0 saturated heterocycles. The first-order chi connectivity index (χ1) is 9.25. The van der Waals surface area contributed by atoms with Gasteiger partial charge in [0, 0.05) is 11.1 Å². The fourth-order valence-electron chi connectivity index (χ4n) is 2.52. The highest BCUT2D eigenvalue weighted by atomic mass is 32.1. The Bertz CT molecular complexity index is 609. The van der Waals surface area contributed by atoms with Gasteiger partial charge in [0.25, 0.3) is 0 Å². The molecule has 0 fully saturated rings. The largest absolute Gasteiger partial charge is 0.476 e. The lowest BCUT2D eigenvalue weighted by Gasteiger charge is -2.25. The molecule has 98 valence electrons. The summed E-state index contributed by atoms with van der Waals surface area (Å²) in [5.74, 6) is -0.996. The van der Waals surface area contributed by atoms with Gasteiger partial charge in [0.2, 0.25) is 0 Å². The van der Waals surface area contributed by atoms with Crippen LogP contribution in [-0.2, 0) is 6.42 Å². The van der Waals surface area contributed by atoms with Crippen LogP contribution >= 0.6 is 11.3 Å². The topological polar surface area (TPSA) is 62.2 Å². The molecule has 0 spiro atoms. The number of nitrogens with zero attached hydrogens (tertiary/aromatic N) is 1. The number of nitrogens with one attached hydrogen (secondary N) is 1. The van der Waals surface area contributed by atoms with Gasteiger partial charge in [-0.2, -0.15) is 0 Å². The Morgan fingerprint density at radius 3 is 3.21 bits per heavy atom. The van der Waals surface area contributed by atoms with E-state index in [-0.39, 0.29) is 11.7 Å². The van der Waals surface area contributed by atoms with E-state index in [2.05, 4.69) is 21.7 Å². The van der Waals surface area contributed by atoms with Crippen LogP contribution in [0, 0.1) is 0 Å². The molecule has 0 radical (unpaired) electrons. The van der Waals surface area contributed by atoms with Gasteiger partial charge in [0.15, 0.2) is 5.69 Å². The summed E-state index contributed by atoms with van der Waals surface area (Å²) in [4.78, 5) is 16.5. The maximum atomic E-state index is 11.2. The molecule has 19 heavy (non-hydrogen) atoms. The van der Waals surface area contributed by atoms with Gasteiger partial charge >= 0.3 is 5.97 Å². The van der Waals surface area contributed by atoms with Gasteiger partial charge in [-0.15, -0.1) is 11.3 Å². The predicted octanol–water partition coefficient (Wildman–Crippen LogP) is 3.33. The lowest BCUT2D eigenvalue weighted by Crippen LogP contribution is -2.17. The Morgan fingerprint density at radius 2 is 2.37 bits per heavy atom. The predicted molar refractivity (Wildman–Crippen MR) is 74.8 cm³/mol. The Labute approximate surface area is 115 Å². The summed E-state index contributed by atoms with van der Waals surface area (Å²) in [6.45, 7) is 0. The molecule has 2 aromatic rings. The van der Waals surface area contributed by atoms with E-state index in [4.69, 9.17) is 5.11 Å². The van der Waals surface area contributed by atoms with E-state index < -0.39 is 5.97 Å². The van der Waals surface area contributed by atoms with Crippen molar-refractivity contribution in [2.24, 2.45) is 0 Å². The molecule has 3 rings (SSSR count). The van der Waals surface area contributed by atoms with Crippen molar-refractivity contribution in [2.45, 2.75) is 25.3 Å². The van der Waals surface area contributed by atoms with Crippen molar-refractivity contribution in [1.82, 2.24) is 4.98 Å². The molecule has 0 amide bonds. The Kier molecular flexibility index (Phi) is 3.21. The molecule has 5 heteroatoms. The second-order valence-electron chi connectivity index (χ2n) is 4.59. The molecule has 1 unspecified atom stereocenters. The number of rotatable bonds is 3. The second-order valence-corrected chi connectivity index (χ2v) is 5.59. The van der Waals surface area contributed by atoms with Crippen molar-refractivity contribution in [2.75, 3.05) is 5.32 Å². The SMILES string of the molecule is O=C(O)c1ncccc1NC1CCCc2sccc21. The van der Waals surface area contributed by atoms with E-state index in [9.17, 15) is 4.79 Å². The third-order valence-electron chi connectivity index (χ3n) is 3.39. The van der Waals surface area contributed by atoms with Gasteiger partial charge in [0.05, 0.1) is 11.7 Å². The average molecular weight is 274 g/mol. The van der Waals surface area contributed by atoms with Gasteiger partial charge in [0.1, 0.15) is 0 Å². The van der Waals surface area contributed by atoms with Crippen LogP contribution in [0.4, 0.5) is 5.69 Å². The average Bonchev–Trinajstić information content (AvgIpc) is 2.88. The zero-order valence-corrected chi connectivity index (χ0v) is 11.1. The number of aryl methyl sites for hydroxylation is 1. The highest BCUT2D eigenvalue weighted by Crippen LogP contribution is 2.35. The van der Waals surface area contributed by atoms with Crippen LogP contribution in [0.3, 0.4) is 0 Å². The van der Waals surface area contributed by atoms with Gasteiger partial charge in [-0.1, -0.05) is 0 Å². The van der Waals surface area contributed by atoms with Crippen molar-refractivity contribution in [3.8, 4) is 0 Å². The summed E-state index contributed by atoms with van der Waals surface area (Å²) in [5.41, 5.74) is 1.99. The van der Waals surface area contributed by atoms with Gasteiger partial charge in [-0.3, -0.25) is 0 Å². The van der Waals surface area contributed by atoms with Crippen molar-refractivity contribution < 1.29 is 9.90 Å². The van der Waals surface area contributed by atoms with Crippen LogP contribution in [0.1, 0.15) is 39.8 Å². The molecule has 0 aliphatic heterocycles. The fourth-order valence-corrected chi connectivity index (χ4v) is 3.50. The zero-order valence-electron chi connectivity index (χ0n) is 10.3. The molecule has 4 nitrogen and oxygen atoms in total. The lowest BCUT2D eigenvalue weighted by molar-refractivity contribution is 0.0691. The smallest absolute Gasteiger partial charge is 0.356 e. The quantitative estimate of drug-likeness (QED) is 0.901. The Hall–Kier alpha value is -1.88. The van der Waals surface area contributed by atoms with Crippen LogP contribution in [0.5, 0.6) is 0 Å². The van der Waals surface area contributed by atoms with Crippen molar-refractivity contribution in [3.63, 3.8) is 0 Å². The lowest BCUT2D eigenvalue weighted by atomic mass is 9.94. The van der Waals surface area contributed by atoms with E-state index in [1.54, 1.807) is 23.5 Å². The number of fused-ring (bicyclic) bond motifs is 1. The number of hydrogen-bond donors (Lipinski definition) is 2. The molecule has 1 aliphatic carbocycles. The molecule has 2 aromatic heterocycles. The van der Waals surface area contributed by atoms with E-state index >= 15 is 0 Å². The number of carboxylic acids is 1. The van der Waals surface area contributed by atoms with E-state index in [0.29, 0.717) is 5.69 Å². The van der Waals surface area contributed by atoms with Crippen molar-refractivity contribution >= 4 is 23.0 Å². The third-order valence-corrected chi connectivity index (χ3v) is 4.39. The number of aromatic nitrogens is 1. The van der Waals surface area contributed by atoms with Crippen LogP contribution < -0.4 is 5.32 Å². The first-order valence-electron chi connectivity index (χ1n) is 6.27. The molecule has 2 heterocycles. The number of pyridine rings is 1. The Morgan fingerprint density at radius 1 is 1.47 bits per heavy atom. The number of aromatic carboxylic acids is 1. The zero-order chi connectivity index (χ0) is 13.2. The van der Waals surface area contributed by atoms with Crippen LogP contribution in [0.15, 0.2) is 29.8 Å². The monoisotopic (exact) mass is 274 g/mol. The minimum absolute atomic E-state index is 0.0878. The van der Waals surface area contributed by atoms with Crippen LogP contribution in [0.2, 0.25) is 0 Å². The minimum Gasteiger partial charge on any atom is -0.476 e. The number of carbonyl (C=O) groups is 1. The number of anilines is 1. The summed E-state index contributed by atoms with van der Waals surface area (Å²) in [6.07, 6.45) is 4.79. The van der Waals surface area contributed by atoms with Crippen molar-refractivity contribution in [1.29, 1.82) is 0 Å². The van der Waals surface area contributed by atoms with E-state index in [1.165, 1.54) is 16.6 Å². The van der Waals surface area contributed by atoms with Gasteiger partial charge in [-0.05, 0) is 48.4 Å². The summed E-state index contributed by atoms with van der Waals surface area (Å²) in [7, 11) is 0. The fraction of sp³-hybridized carbons (Fsp3) is 0.286. The Balaban J connectivity index is 1.90.